The molecule has 0 fully saturated rings. The van der Waals surface area contributed by atoms with Crippen LogP contribution in [0.15, 0.2) is 5.11 Å². The van der Waals surface area contributed by atoms with Crippen molar-refractivity contribution in [3.63, 3.8) is 0 Å². The van der Waals surface area contributed by atoms with Crippen LogP contribution >= 0.6 is 47.8 Å². The van der Waals surface area contributed by atoms with E-state index in [-0.39, 0.29) is 29.6 Å². The second-order valence-electron chi connectivity index (χ2n) is 0.541. The molecule has 0 spiro atoms. The Kier molecular flexibility index (Phi) is 114. The van der Waals surface area contributed by atoms with Gasteiger partial charge in [0.15, 0.2) is 0 Å². The van der Waals surface area contributed by atoms with Crippen LogP contribution in [0.1, 0.15) is 1.37 Å². The second-order valence-corrected chi connectivity index (χ2v) is 3.67. The molecule has 0 atom stereocenters. The predicted octanol–water partition coefficient (Wildman–Crippen LogP) is 1.84. The monoisotopic (exact) mass is 407 g/mol. The van der Waals surface area contributed by atoms with Crippen LogP contribution in [0.4, 0.5) is 4.39 Å². The fourth-order valence-electron chi connectivity index (χ4n) is 0.0239. The maximum atomic E-state index is 9.96. The van der Waals surface area contributed by atoms with E-state index in [2.05, 4.69) is 57.8 Å². The average molecular weight is 410 g/mol. The molecule has 0 aliphatic heterocycles. The third-order valence-corrected chi connectivity index (χ3v) is 0.341. The first kappa shape index (κ1) is 24.3. The van der Waals surface area contributed by atoms with Crippen molar-refractivity contribution in [1.82, 2.24) is 0 Å². The van der Waals surface area contributed by atoms with E-state index in [0.717, 1.165) is 4.24 Å². The second kappa shape index (κ2) is 65.8. The Morgan fingerprint density at radius 2 is 1.57 bits per heavy atom. The topological polar surface area (TPSA) is 107 Å². The Balaban J connectivity index is -0.0000000300. The Morgan fingerprint density at radius 3 is 1.57 bits per heavy atom. The zero-order valence-corrected chi connectivity index (χ0v) is 14.1. The summed E-state index contributed by atoms with van der Waals surface area (Å²) >= 11 is 9.01. The van der Waals surface area contributed by atoms with Gasteiger partial charge in [-0.25, -0.2) is 0 Å². The maximum Gasteiger partial charge on any atom is 1.00 e. The summed E-state index contributed by atoms with van der Waals surface area (Å²) in [5.74, 6) is 0. The largest absolute Gasteiger partial charge is 1.00 e. The van der Waals surface area contributed by atoms with E-state index in [1.807, 2.05) is 0 Å². The SMILES string of the molecule is BrCBr.[2H]CF.[N-]=[N+]=NCBr.[N-]=[N+]=[N-].[Na+]. The van der Waals surface area contributed by atoms with E-state index in [1.165, 1.54) is 4.91 Å². The van der Waals surface area contributed by atoms with Crippen LogP contribution in [-0.2, 0) is 0 Å². The summed E-state index contributed by atoms with van der Waals surface area (Å²) in [4.78, 5) is 3.93. The number of halogens is 4. The molecular weight excluding hydrogens is 402 g/mol. The summed E-state index contributed by atoms with van der Waals surface area (Å²) in [6, 6.07) is 0. The molecule has 0 aromatic heterocycles. The first-order chi connectivity index (χ1) is 6.66. The molecule has 0 heterocycles. The minimum atomic E-state index is -1.00. The van der Waals surface area contributed by atoms with Gasteiger partial charge < -0.3 is 11.1 Å². The van der Waals surface area contributed by atoms with Gasteiger partial charge >= 0.3 is 29.6 Å². The number of rotatable bonds is 1. The molecule has 78 valence electrons. The summed E-state index contributed by atoms with van der Waals surface area (Å²) in [5.41, 5.74) is 21.4. The summed E-state index contributed by atoms with van der Waals surface area (Å²) in [7, 11) is -1.00. The number of hydrogen-bond acceptors (Lipinski definition) is 1. The fraction of sp³-hybridized carbons (Fsp3) is 1.00. The van der Waals surface area contributed by atoms with Crippen LogP contribution in [0.2, 0.25) is 0 Å². The molecule has 0 N–H and O–H groups in total. The quantitative estimate of drug-likeness (QED) is 0.157. The standard InChI is InChI=1S/CH2Br2.CH2BrN3.CH3F.N3.Na/c2-1-3;2-1-4-5-3;1-2;1-3-2;/h1H2;1H2;1H3;;/q;;;-1;+1/i;;1D;;. The van der Waals surface area contributed by atoms with Crippen molar-refractivity contribution in [2.75, 3.05) is 16.8 Å². The van der Waals surface area contributed by atoms with Crippen molar-refractivity contribution < 1.29 is 35.3 Å². The van der Waals surface area contributed by atoms with E-state index < -0.39 is 7.15 Å². The van der Waals surface area contributed by atoms with Crippen molar-refractivity contribution in [2.24, 2.45) is 5.11 Å². The molecule has 0 aromatic rings. The van der Waals surface area contributed by atoms with Gasteiger partial charge in [0.2, 0.25) is 0 Å². The van der Waals surface area contributed by atoms with E-state index in [0.29, 0.717) is 5.45 Å². The van der Waals surface area contributed by atoms with Crippen LogP contribution in [-0.4, -0.2) is 16.8 Å². The van der Waals surface area contributed by atoms with E-state index >= 15 is 0 Å². The van der Waals surface area contributed by atoms with Crippen molar-refractivity contribution in [1.29, 1.82) is 0 Å². The molecule has 0 saturated carbocycles. The van der Waals surface area contributed by atoms with Crippen molar-refractivity contribution >= 4 is 47.8 Å². The minimum Gasteiger partial charge on any atom is -0.373 e. The normalized spacial score (nSPS) is 5.29. The third kappa shape index (κ3) is 209. The molecule has 0 radical (unpaired) electrons. The smallest absolute Gasteiger partial charge is 0.373 e. The van der Waals surface area contributed by atoms with Gasteiger partial charge in [0.1, 0.15) is 0 Å². The van der Waals surface area contributed by atoms with Gasteiger partial charge in [0.05, 0.1) is 18.2 Å². The van der Waals surface area contributed by atoms with Crippen LogP contribution in [0.25, 0.3) is 26.4 Å². The zero-order chi connectivity index (χ0) is 12.2. The minimum absolute atomic E-state index is 0. The van der Waals surface area contributed by atoms with Gasteiger partial charge in [0, 0.05) is 4.91 Å². The van der Waals surface area contributed by atoms with Crippen LogP contribution < -0.4 is 29.6 Å². The van der Waals surface area contributed by atoms with Gasteiger partial charge in [-0.2, -0.15) is 0 Å². The van der Waals surface area contributed by atoms with Crippen molar-refractivity contribution in [2.45, 2.75) is 0 Å². The summed E-state index contributed by atoms with van der Waals surface area (Å²) < 4.78 is 16.4. The van der Waals surface area contributed by atoms with Crippen LogP contribution in [0, 0.1) is 0 Å². The third-order valence-electron chi connectivity index (χ3n) is 0.117. The first-order valence-corrected chi connectivity index (χ1v) is 5.55. The number of alkyl halides is 4. The van der Waals surface area contributed by atoms with Crippen LogP contribution in [0.3, 0.4) is 0 Å². The molecule has 0 saturated heterocycles. The molecule has 6 nitrogen and oxygen atoms in total. The van der Waals surface area contributed by atoms with E-state index in [9.17, 15) is 4.39 Å². The molecular formula is C3H7Br3FN6Na. The molecule has 0 aliphatic carbocycles. The molecule has 0 bridgehead atoms. The number of nitrogens with zero attached hydrogens (tertiary/aromatic N) is 6. The Hall–Kier alpha value is 0.990. The summed E-state index contributed by atoms with van der Waals surface area (Å²) in [5, 5.41) is 3.07. The summed E-state index contributed by atoms with van der Waals surface area (Å²) in [6.45, 7) is 0. The zero-order valence-electron chi connectivity index (χ0n) is 8.32. The number of hydrogen-bond donors (Lipinski definition) is 0. The molecule has 0 aliphatic rings. The first-order valence-electron chi connectivity index (χ1n) is 2.89. The van der Waals surface area contributed by atoms with Gasteiger partial charge in [-0.1, -0.05) is 52.9 Å². The van der Waals surface area contributed by atoms with Gasteiger partial charge in [-0.3, -0.25) is 9.30 Å². The van der Waals surface area contributed by atoms with Gasteiger partial charge in [0.25, 0.3) is 0 Å². The Morgan fingerprint density at radius 1 is 1.36 bits per heavy atom. The molecule has 0 rings (SSSR count). The predicted molar refractivity (Wildman–Crippen MR) is 62.8 cm³/mol. The molecule has 0 aromatic carbocycles. The number of azide groups is 1. The van der Waals surface area contributed by atoms with E-state index in [1.54, 1.807) is 0 Å². The van der Waals surface area contributed by atoms with E-state index in [4.69, 9.17) is 18.0 Å². The molecule has 14 heavy (non-hydrogen) atoms. The Labute approximate surface area is 130 Å². The van der Waals surface area contributed by atoms with Gasteiger partial charge in [-0.05, 0) is 5.53 Å². The fourth-order valence-corrected chi connectivity index (χ4v) is 0.124. The Bertz CT molecular complexity index is 151. The van der Waals surface area contributed by atoms with Gasteiger partial charge in [-0.15, -0.1) is 0 Å². The molecule has 0 amide bonds. The maximum absolute atomic E-state index is 9.96. The van der Waals surface area contributed by atoms with Crippen molar-refractivity contribution in [3.8, 4) is 0 Å². The summed E-state index contributed by atoms with van der Waals surface area (Å²) in [6.07, 6.45) is 0. The van der Waals surface area contributed by atoms with Crippen LogP contribution in [0.5, 0.6) is 0 Å². The van der Waals surface area contributed by atoms with Crippen molar-refractivity contribution in [3.05, 3.63) is 26.4 Å². The molecule has 0 unspecified atom stereocenters. The molecule has 11 heteroatoms. The average Bonchev–Trinajstić information content (AvgIpc) is 2.09.